The molecule has 0 amide bonds. The minimum atomic E-state index is 0.360. The first kappa shape index (κ1) is 13.6. The molecule has 0 atom stereocenters. The third kappa shape index (κ3) is 2.48. The molecular weight excluding hydrogens is 216 g/mol. The topological polar surface area (TPSA) is 0 Å². The summed E-state index contributed by atoms with van der Waals surface area (Å²) in [5.41, 5.74) is 4.34. The van der Waals surface area contributed by atoms with Crippen molar-refractivity contribution >= 4 is 0 Å². The van der Waals surface area contributed by atoms with Crippen LogP contribution in [0.1, 0.15) is 59.1 Å². The Bertz CT molecular complexity index is 401. The molecule has 100 valence electrons. The van der Waals surface area contributed by atoms with Crippen LogP contribution < -0.4 is 0 Å². The van der Waals surface area contributed by atoms with Crippen molar-refractivity contribution in [1.82, 2.24) is 0 Å². The van der Waals surface area contributed by atoms with E-state index in [1.807, 2.05) is 0 Å². The second-order valence-electron chi connectivity index (χ2n) is 8.39. The van der Waals surface area contributed by atoms with E-state index >= 15 is 0 Å². The molecule has 0 heteroatoms. The fourth-order valence-electron chi connectivity index (χ4n) is 3.63. The predicted molar refractivity (Wildman–Crippen MR) is 79.8 cm³/mol. The number of fused-ring (bicyclic) bond motifs is 1. The van der Waals surface area contributed by atoms with E-state index in [0.29, 0.717) is 16.2 Å². The summed E-state index contributed by atoms with van der Waals surface area (Å²) in [6.07, 6.45) is 3.81. The molecular formula is C18H28. The Kier molecular flexibility index (Phi) is 3.12. The van der Waals surface area contributed by atoms with Crippen molar-refractivity contribution in [2.45, 2.75) is 60.8 Å². The van der Waals surface area contributed by atoms with E-state index in [9.17, 15) is 0 Å². The lowest BCUT2D eigenvalue weighted by atomic mass is 9.59. The maximum atomic E-state index is 2.42. The highest BCUT2D eigenvalue weighted by atomic mass is 14.5. The second-order valence-corrected chi connectivity index (χ2v) is 8.39. The molecule has 0 spiro atoms. The molecule has 0 bridgehead atoms. The van der Waals surface area contributed by atoms with Gasteiger partial charge in [-0.15, -0.1) is 0 Å². The van der Waals surface area contributed by atoms with Crippen LogP contribution in [0.25, 0.3) is 0 Å². The van der Waals surface area contributed by atoms with Gasteiger partial charge in [-0.3, -0.25) is 0 Å². The zero-order chi connectivity index (χ0) is 13.6. The number of rotatable bonds is 1. The monoisotopic (exact) mass is 244 g/mol. The molecule has 0 saturated carbocycles. The van der Waals surface area contributed by atoms with Crippen molar-refractivity contribution in [2.24, 2.45) is 16.2 Å². The van der Waals surface area contributed by atoms with Crippen molar-refractivity contribution in [3.05, 3.63) is 35.4 Å². The minimum Gasteiger partial charge on any atom is -0.0620 e. The van der Waals surface area contributed by atoms with Gasteiger partial charge in [0.15, 0.2) is 0 Å². The van der Waals surface area contributed by atoms with E-state index in [4.69, 9.17) is 0 Å². The number of benzene rings is 1. The van der Waals surface area contributed by atoms with Gasteiger partial charge in [-0.1, -0.05) is 65.8 Å². The quantitative estimate of drug-likeness (QED) is 0.632. The minimum absolute atomic E-state index is 0.360. The summed E-state index contributed by atoms with van der Waals surface area (Å²) in [4.78, 5) is 0. The van der Waals surface area contributed by atoms with Crippen LogP contribution in [0, 0.1) is 16.2 Å². The maximum absolute atomic E-state index is 2.42. The first-order valence-electron chi connectivity index (χ1n) is 7.20. The van der Waals surface area contributed by atoms with Gasteiger partial charge >= 0.3 is 0 Å². The lowest BCUT2D eigenvalue weighted by molar-refractivity contribution is 0.0455. The zero-order valence-corrected chi connectivity index (χ0v) is 12.9. The van der Waals surface area contributed by atoms with Crippen LogP contribution in [0.4, 0.5) is 0 Å². The van der Waals surface area contributed by atoms with E-state index in [-0.39, 0.29) is 0 Å². The van der Waals surface area contributed by atoms with Gasteiger partial charge in [0.25, 0.3) is 0 Å². The van der Waals surface area contributed by atoms with Gasteiger partial charge in [0.05, 0.1) is 0 Å². The third-order valence-corrected chi connectivity index (χ3v) is 4.64. The summed E-state index contributed by atoms with van der Waals surface area (Å²) in [5.74, 6) is 0. The lowest BCUT2D eigenvalue weighted by Crippen LogP contribution is -2.39. The molecule has 0 fully saturated rings. The van der Waals surface area contributed by atoms with Gasteiger partial charge in [0.2, 0.25) is 0 Å². The molecule has 1 aliphatic carbocycles. The van der Waals surface area contributed by atoms with Crippen LogP contribution in [0.15, 0.2) is 24.3 Å². The molecule has 1 aromatic carbocycles. The maximum Gasteiger partial charge on any atom is -0.0163 e. The summed E-state index contributed by atoms with van der Waals surface area (Å²) in [6, 6.07) is 9.03. The molecule has 0 heterocycles. The average Bonchev–Trinajstić information content (AvgIpc) is 2.52. The van der Waals surface area contributed by atoms with Crippen LogP contribution in [-0.4, -0.2) is 0 Å². The van der Waals surface area contributed by atoms with E-state index in [1.165, 1.54) is 19.3 Å². The van der Waals surface area contributed by atoms with Crippen molar-refractivity contribution in [1.29, 1.82) is 0 Å². The van der Waals surface area contributed by atoms with Crippen LogP contribution in [-0.2, 0) is 12.8 Å². The Labute approximate surface area is 113 Å². The van der Waals surface area contributed by atoms with Gasteiger partial charge in [0.1, 0.15) is 0 Å². The van der Waals surface area contributed by atoms with Crippen LogP contribution >= 0.6 is 0 Å². The molecule has 0 saturated heterocycles. The average molecular weight is 244 g/mol. The van der Waals surface area contributed by atoms with Gasteiger partial charge in [-0.05, 0) is 46.6 Å². The van der Waals surface area contributed by atoms with E-state index < -0.39 is 0 Å². The van der Waals surface area contributed by atoms with Crippen molar-refractivity contribution in [2.75, 3.05) is 0 Å². The number of hydrogen-bond acceptors (Lipinski definition) is 0. The zero-order valence-electron chi connectivity index (χ0n) is 12.9. The van der Waals surface area contributed by atoms with E-state index in [0.717, 1.165) is 0 Å². The largest absolute Gasteiger partial charge is 0.0620 e. The van der Waals surface area contributed by atoms with Gasteiger partial charge in [-0.2, -0.15) is 0 Å². The summed E-state index contributed by atoms with van der Waals surface area (Å²) < 4.78 is 0. The Morgan fingerprint density at radius 2 is 1.33 bits per heavy atom. The highest BCUT2D eigenvalue weighted by Crippen LogP contribution is 2.54. The van der Waals surface area contributed by atoms with Crippen LogP contribution in [0.5, 0.6) is 0 Å². The van der Waals surface area contributed by atoms with Crippen LogP contribution in [0.3, 0.4) is 0 Å². The first-order chi connectivity index (χ1) is 8.13. The Hall–Kier alpha value is -0.780. The summed E-state index contributed by atoms with van der Waals surface area (Å²) in [7, 11) is 0. The molecule has 2 rings (SSSR count). The van der Waals surface area contributed by atoms with Crippen LogP contribution in [0.2, 0.25) is 0 Å². The first-order valence-corrected chi connectivity index (χ1v) is 7.20. The highest BCUT2D eigenvalue weighted by Gasteiger charge is 2.47. The molecule has 0 radical (unpaired) electrons. The van der Waals surface area contributed by atoms with Gasteiger partial charge < -0.3 is 0 Å². The van der Waals surface area contributed by atoms with Gasteiger partial charge in [0, 0.05) is 0 Å². The molecule has 0 nitrogen and oxygen atoms in total. The molecule has 0 aromatic heterocycles. The lowest BCUT2D eigenvalue weighted by Gasteiger charge is -2.46. The molecule has 0 unspecified atom stereocenters. The second kappa shape index (κ2) is 4.11. The molecule has 0 aliphatic heterocycles. The van der Waals surface area contributed by atoms with E-state index in [1.54, 1.807) is 11.1 Å². The Balaban J connectivity index is 2.38. The van der Waals surface area contributed by atoms with Crippen molar-refractivity contribution < 1.29 is 0 Å². The normalized spacial score (nSPS) is 18.8. The molecule has 1 aliphatic rings. The third-order valence-electron chi connectivity index (χ3n) is 4.64. The fourth-order valence-corrected chi connectivity index (χ4v) is 3.63. The molecule has 18 heavy (non-hydrogen) atoms. The summed E-state index contributed by atoms with van der Waals surface area (Å²) in [6.45, 7) is 14.4. The standard InChI is InChI=1S/C18H28/c1-16(2,3)13-18(17(4,5)6)11-14-9-7-8-10-15(14)12-18/h7-10H,11-13H2,1-6H3. The van der Waals surface area contributed by atoms with Gasteiger partial charge in [-0.25, -0.2) is 0 Å². The predicted octanol–water partition coefficient (Wildman–Crippen LogP) is 5.25. The number of hydrogen-bond donors (Lipinski definition) is 0. The van der Waals surface area contributed by atoms with Crippen molar-refractivity contribution in [3.63, 3.8) is 0 Å². The Morgan fingerprint density at radius 3 is 1.67 bits per heavy atom. The Morgan fingerprint density at radius 1 is 0.889 bits per heavy atom. The SMILES string of the molecule is CC(C)(C)CC1(C(C)(C)C)Cc2ccccc2C1. The highest BCUT2D eigenvalue weighted by molar-refractivity contribution is 5.35. The molecule has 0 N–H and O–H groups in total. The summed E-state index contributed by atoms with van der Waals surface area (Å²) in [5, 5.41) is 0. The van der Waals surface area contributed by atoms with E-state index in [2.05, 4.69) is 65.8 Å². The fraction of sp³-hybridized carbons (Fsp3) is 0.667. The summed E-state index contributed by atoms with van der Waals surface area (Å²) >= 11 is 0. The molecule has 1 aromatic rings. The van der Waals surface area contributed by atoms with Crippen molar-refractivity contribution in [3.8, 4) is 0 Å². The smallest absolute Gasteiger partial charge is 0.0163 e.